The average molecular weight is 301 g/mol. The van der Waals surface area contributed by atoms with Gasteiger partial charge in [-0.05, 0) is 61.4 Å². The molecule has 3 nitrogen and oxygen atoms in total. The molecule has 21 heavy (non-hydrogen) atoms. The van der Waals surface area contributed by atoms with E-state index in [4.69, 9.17) is 5.11 Å². The number of aliphatic hydroxyl groups excluding tert-OH is 1. The van der Waals surface area contributed by atoms with Crippen molar-refractivity contribution >= 4 is 22.9 Å². The third kappa shape index (κ3) is 3.34. The predicted octanol–water partition coefficient (Wildman–Crippen LogP) is 3.41. The molecule has 0 unspecified atom stereocenters. The molecule has 0 fully saturated rings. The van der Waals surface area contributed by atoms with Crippen LogP contribution in [0, 0.1) is 0 Å². The fraction of sp³-hybridized carbons (Fsp3) is 0.353. The summed E-state index contributed by atoms with van der Waals surface area (Å²) in [7, 11) is 0. The quantitative estimate of drug-likeness (QED) is 0.889. The first-order chi connectivity index (χ1) is 10.3. The second-order valence-electron chi connectivity index (χ2n) is 5.39. The Bertz CT molecular complexity index is 626. The molecule has 1 aliphatic rings. The first-order valence-electron chi connectivity index (χ1n) is 7.39. The number of aryl methyl sites for hydroxylation is 3. The Kier molecular flexibility index (Phi) is 4.36. The number of aliphatic hydroxyl groups is 1. The molecule has 0 saturated heterocycles. The fourth-order valence-electron chi connectivity index (χ4n) is 2.72. The van der Waals surface area contributed by atoms with Gasteiger partial charge in [-0.15, -0.1) is 11.3 Å². The van der Waals surface area contributed by atoms with Crippen molar-refractivity contribution in [3.63, 3.8) is 0 Å². The highest BCUT2D eigenvalue weighted by Gasteiger charge is 2.18. The molecule has 1 aromatic carbocycles. The standard InChI is InChI=1S/C17H19NO2S/c19-9-3-5-12-4-1-7-14(10-12)18-17(20)16-11-13-6-2-8-15(13)21-16/h1,4,7,10-11,19H,2-3,5-6,8-9H2,(H,18,20). The maximum absolute atomic E-state index is 12.3. The number of nitrogens with one attached hydrogen (secondary N) is 1. The first-order valence-corrected chi connectivity index (χ1v) is 8.20. The average Bonchev–Trinajstić information content (AvgIpc) is 3.06. The maximum atomic E-state index is 12.3. The molecule has 0 spiro atoms. The topological polar surface area (TPSA) is 49.3 Å². The van der Waals surface area contributed by atoms with Crippen LogP contribution in [0.15, 0.2) is 30.3 Å². The minimum absolute atomic E-state index is 0.0197. The van der Waals surface area contributed by atoms with Crippen molar-refractivity contribution in [2.24, 2.45) is 0 Å². The molecule has 0 aliphatic heterocycles. The Labute approximate surface area is 128 Å². The van der Waals surface area contributed by atoms with Crippen LogP contribution < -0.4 is 5.32 Å². The molecule has 1 aromatic heterocycles. The van der Waals surface area contributed by atoms with Gasteiger partial charge in [0.25, 0.3) is 5.91 Å². The van der Waals surface area contributed by atoms with E-state index in [0.717, 1.165) is 41.8 Å². The molecule has 0 saturated carbocycles. The van der Waals surface area contributed by atoms with Crippen LogP contribution in [0.2, 0.25) is 0 Å². The monoisotopic (exact) mass is 301 g/mol. The zero-order valence-corrected chi connectivity index (χ0v) is 12.7. The molecule has 2 N–H and O–H groups in total. The largest absolute Gasteiger partial charge is 0.396 e. The minimum Gasteiger partial charge on any atom is -0.396 e. The van der Waals surface area contributed by atoms with Crippen molar-refractivity contribution in [1.29, 1.82) is 0 Å². The summed E-state index contributed by atoms with van der Waals surface area (Å²) in [5.74, 6) is -0.0197. The van der Waals surface area contributed by atoms with Crippen LogP contribution in [0.1, 0.15) is 38.5 Å². The van der Waals surface area contributed by atoms with Gasteiger partial charge in [0.2, 0.25) is 0 Å². The van der Waals surface area contributed by atoms with Gasteiger partial charge in [-0.25, -0.2) is 0 Å². The molecule has 0 atom stereocenters. The van der Waals surface area contributed by atoms with Crippen LogP contribution in [0.3, 0.4) is 0 Å². The van der Waals surface area contributed by atoms with E-state index in [1.54, 1.807) is 11.3 Å². The van der Waals surface area contributed by atoms with Crippen LogP contribution in [0.5, 0.6) is 0 Å². The summed E-state index contributed by atoms with van der Waals surface area (Å²) in [5, 5.41) is 11.9. The van der Waals surface area contributed by atoms with Crippen LogP contribution in [-0.2, 0) is 19.3 Å². The Morgan fingerprint density at radius 3 is 3.00 bits per heavy atom. The Hall–Kier alpha value is -1.65. The molecule has 1 amide bonds. The normalized spacial score (nSPS) is 13.2. The van der Waals surface area contributed by atoms with E-state index >= 15 is 0 Å². The van der Waals surface area contributed by atoms with Crippen molar-refractivity contribution in [3.8, 4) is 0 Å². The highest BCUT2D eigenvalue weighted by Crippen LogP contribution is 2.31. The van der Waals surface area contributed by atoms with Gasteiger partial charge in [-0.3, -0.25) is 4.79 Å². The van der Waals surface area contributed by atoms with Crippen LogP contribution in [0.4, 0.5) is 5.69 Å². The SMILES string of the molecule is O=C(Nc1cccc(CCCO)c1)c1cc2c(s1)CCC2. The number of carbonyl (C=O) groups is 1. The van der Waals surface area contributed by atoms with E-state index in [1.807, 2.05) is 30.3 Å². The summed E-state index contributed by atoms with van der Waals surface area (Å²) < 4.78 is 0. The van der Waals surface area contributed by atoms with Crippen molar-refractivity contribution < 1.29 is 9.90 Å². The number of carbonyl (C=O) groups excluding carboxylic acids is 1. The summed E-state index contributed by atoms with van der Waals surface area (Å²) in [5.41, 5.74) is 3.31. The van der Waals surface area contributed by atoms with Gasteiger partial charge in [0.05, 0.1) is 4.88 Å². The Morgan fingerprint density at radius 1 is 1.29 bits per heavy atom. The Balaban J connectivity index is 1.69. The van der Waals surface area contributed by atoms with Gasteiger partial charge < -0.3 is 10.4 Å². The lowest BCUT2D eigenvalue weighted by molar-refractivity contribution is 0.103. The van der Waals surface area contributed by atoms with Crippen LogP contribution in [0.25, 0.3) is 0 Å². The number of fused-ring (bicyclic) bond motifs is 1. The fourth-order valence-corrected chi connectivity index (χ4v) is 3.87. The van der Waals surface area contributed by atoms with Crippen LogP contribution >= 0.6 is 11.3 Å². The van der Waals surface area contributed by atoms with Gasteiger partial charge in [0.1, 0.15) is 0 Å². The lowest BCUT2D eigenvalue weighted by atomic mass is 10.1. The van der Waals surface area contributed by atoms with Crippen molar-refractivity contribution in [3.05, 3.63) is 51.2 Å². The van der Waals surface area contributed by atoms with Crippen molar-refractivity contribution in [1.82, 2.24) is 0 Å². The first kappa shape index (κ1) is 14.3. The molecule has 4 heteroatoms. The molecule has 1 heterocycles. The van der Waals surface area contributed by atoms with E-state index in [0.29, 0.717) is 0 Å². The zero-order valence-electron chi connectivity index (χ0n) is 11.9. The number of hydrogen-bond donors (Lipinski definition) is 2. The van der Waals surface area contributed by atoms with Crippen molar-refractivity contribution in [2.75, 3.05) is 11.9 Å². The molecular formula is C17H19NO2S. The lowest BCUT2D eigenvalue weighted by Crippen LogP contribution is -2.10. The van der Waals surface area contributed by atoms with Gasteiger partial charge in [0, 0.05) is 17.2 Å². The number of hydrogen-bond acceptors (Lipinski definition) is 3. The van der Waals surface area contributed by atoms with Gasteiger partial charge in [-0.1, -0.05) is 12.1 Å². The summed E-state index contributed by atoms with van der Waals surface area (Å²) >= 11 is 1.62. The van der Waals surface area contributed by atoms with Crippen molar-refractivity contribution in [2.45, 2.75) is 32.1 Å². The number of benzene rings is 1. The maximum Gasteiger partial charge on any atom is 0.265 e. The second kappa shape index (κ2) is 6.41. The van der Waals surface area contributed by atoms with E-state index in [9.17, 15) is 4.79 Å². The molecule has 0 bridgehead atoms. The second-order valence-corrected chi connectivity index (χ2v) is 6.53. The number of amides is 1. The number of thiophene rings is 1. The van der Waals surface area contributed by atoms with Crippen LogP contribution in [-0.4, -0.2) is 17.6 Å². The predicted molar refractivity (Wildman–Crippen MR) is 86.1 cm³/mol. The molecule has 0 radical (unpaired) electrons. The molecule has 1 aliphatic carbocycles. The van der Waals surface area contributed by atoms with E-state index in [2.05, 4.69) is 5.32 Å². The number of anilines is 1. The van der Waals surface area contributed by atoms with Gasteiger partial charge in [-0.2, -0.15) is 0 Å². The summed E-state index contributed by atoms with van der Waals surface area (Å²) in [4.78, 5) is 14.5. The van der Waals surface area contributed by atoms with Gasteiger partial charge in [0.15, 0.2) is 0 Å². The molecule has 2 aromatic rings. The zero-order chi connectivity index (χ0) is 14.7. The molecule has 3 rings (SSSR count). The summed E-state index contributed by atoms with van der Waals surface area (Å²) in [6, 6.07) is 9.89. The highest BCUT2D eigenvalue weighted by molar-refractivity contribution is 7.14. The lowest BCUT2D eigenvalue weighted by Gasteiger charge is -2.06. The smallest absolute Gasteiger partial charge is 0.265 e. The minimum atomic E-state index is -0.0197. The van der Waals surface area contributed by atoms with Gasteiger partial charge >= 0.3 is 0 Å². The van der Waals surface area contributed by atoms with E-state index in [-0.39, 0.29) is 12.5 Å². The number of rotatable bonds is 5. The summed E-state index contributed by atoms with van der Waals surface area (Å²) in [6.07, 6.45) is 5.01. The molecular weight excluding hydrogens is 282 g/mol. The highest BCUT2D eigenvalue weighted by atomic mass is 32.1. The third-order valence-electron chi connectivity index (χ3n) is 3.78. The molecule has 110 valence electrons. The summed E-state index contributed by atoms with van der Waals surface area (Å²) in [6.45, 7) is 0.192. The Morgan fingerprint density at radius 2 is 2.19 bits per heavy atom. The van der Waals surface area contributed by atoms with E-state index in [1.165, 1.54) is 16.9 Å². The third-order valence-corrected chi connectivity index (χ3v) is 5.01. The van der Waals surface area contributed by atoms with E-state index < -0.39 is 0 Å².